The summed E-state index contributed by atoms with van der Waals surface area (Å²) in [6.45, 7) is 2.13. The van der Waals surface area contributed by atoms with Gasteiger partial charge in [0, 0.05) is 13.0 Å². The van der Waals surface area contributed by atoms with E-state index >= 15 is 0 Å². The first-order valence-electron chi connectivity index (χ1n) is 5.11. The quantitative estimate of drug-likeness (QED) is 0.489. The molecule has 0 spiro atoms. The maximum atomic E-state index is 2.22. The molecule has 0 atom stereocenters. The van der Waals surface area contributed by atoms with Gasteiger partial charge in [0.25, 0.3) is 5.65 Å². The zero-order valence-corrected chi connectivity index (χ0v) is 9.23. The highest BCUT2D eigenvalue weighted by molar-refractivity contribution is 5.79. The second kappa shape index (κ2) is 2.63. The normalized spacial score (nSPS) is 11.7. The van der Waals surface area contributed by atoms with Crippen molar-refractivity contribution in [1.29, 1.82) is 0 Å². The zero-order valence-electron chi connectivity index (χ0n) is 9.23. The molecule has 0 aromatic carbocycles. The Kier molecular flexibility index (Phi) is 1.49. The number of aryl methyl sites for hydroxylation is 2. The van der Waals surface area contributed by atoms with Gasteiger partial charge in [0.1, 0.15) is 5.52 Å². The van der Waals surface area contributed by atoms with Crippen molar-refractivity contribution in [3.05, 3.63) is 36.3 Å². The molecule has 3 rings (SSSR count). The SMILES string of the molecule is Cc1n(C)c2cc3ccccn3c2[n+]1C. The van der Waals surface area contributed by atoms with E-state index < -0.39 is 0 Å². The van der Waals surface area contributed by atoms with Gasteiger partial charge in [-0.3, -0.25) is 4.57 Å². The van der Waals surface area contributed by atoms with E-state index in [1.165, 1.54) is 22.5 Å². The first kappa shape index (κ1) is 8.53. The molecule has 0 bridgehead atoms. The number of aromatic nitrogens is 3. The van der Waals surface area contributed by atoms with Gasteiger partial charge >= 0.3 is 0 Å². The molecule has 15 heavy (non-hydrogen) atoms. The van der Waals surface area contributed by atoms with Gasteiger partial charge in [-0.25, -0.2) is 8.97 Å². The average Bonchev–Trinajstić information content (AvgIpc) is 2.72. The van der Waals surface area contributed by atoms with Crippen LogP contribution in [0, 0.1) is 6.92 Å². The lowest BCUT2D eigenvalue weighted by atomic mass is 10.4. The number of pyridine rings is 1. The molecule has 3 nitrogen and oxygen atoms in total. The van der Waals surface area contributed by atoms with Gasteiger partial charge in [0.05, 0.1) is 20.3 Å². The highest BCUT2D eigenvalue weighted by Crippen LogP contribution is 2.18. The standard InChI is InChI=1S/C12H14N3/c1-9-13(2)11-8-10-6-4-5-7-15(10)12(11)14(9)3/h4-8H,1-3H3/q+1. The van der Waals surface area contributed by atoms with Crippen molar-refractivity contribution in [2.75, 3.05) is 0 Å². The second-order valence-electron chi connectivity index (χ2n) is 4.01. The van der Waals surface area contributed by atoms with Gasteiger partial charge in [0.15, 0.2) is 5.52 Å². The molecule has 0 aliphatic carbocycles. The van der Waals surface area contributed by atoms with Crippen LogP contribution in [0.25, 0.3) is 16.7 Å². The smallest absolute Gasteiger partial charge is 0.260 e. The lowest BCUT2D eigenvalue weighted by molar-refractivity contribution is -0.654. The highest BCUT2D eigenvalue weighted by Gasteiger charge is 2.19. The van der Waals surface area contributed by atoms with Gasteiger partial charge in [-0.05, 0) is 12.1 Å². The molecule has 0 fully saturated rings. The van der Waals surface area contributed by atoms with E-state index in [2.05, 4.69) is 65.0 Å². The number of fused-ring (bicyclic) bond motifs is 3. The largest absolute Gasteiger partial charge is 0.272 e. The molecule has 3 aromatic rings. The maximum absolute atomic E-state index is 2.22. The average molecular weight is 200 g/mol. The van der Waals surface area contributed by atoms with Gasteiger partial charge in [0.2, 0.25) is 5.82 Å². The first-order valence-corrected chi connectivity index (χ1v) is 5.11. The fourth-order valence-corrected chi connectivity index (χ4v) is 2.23. The third-order valence-corrected chi connectivity index (χ3v) is 3.28. The Morgan fingerprint density at radius 3 is 2.87 bits per heavy atom. The van der Waals surface area contributed by atoms with Crippen LogP contribution in [0.2, 0.25) is 0 Å². The molecule has 0 radical (unpaired) electrons. The van der Waals surface area contributed by atoms with Crippen LogP contribution in [0.3, 0.4) is 0 Å². The molecule has 0 N–H and O–H groups in total. The van der Waals surface area contributed by atoms with E-state index in [1.807, 2.05) is 0 Å². The van der Waals surface area contributed by atoms with Crippen LogP contribution in [-0.2, 0) is 14.1 Å². The molecule has 0 amide bonds. The topological polar surface area (TPSA) is 13.2 Å². The third-order valence-electron chi connectivity index (χ3n) is 3.28. The lowest BCUT2D eigenvalue weighted by Crippen LogP contribution is -2.31. The van der Waals surface area contributed by atoms with E-state index in [4.69, 9.17) is 0 Å². The molecule has 3 aromatic heterocycles. The van der Waals surface area contributed by atoms with Crippen molar-refractivity contribution in [3.8, 4) is 0 Å². The minimum atomic E-state index is 1.24. The lowest BCUT2D eigenvalue weighted by Gasteiger charge is -1.93. The summed E-state index contributed by atoms with van der Waals surface area (Å²) in [7, 11) is 4.22. The molecular formula is C12H14N3+. The van der Waals surface area contributed by atoms with Crippen LogP contribution in [0.5, 0.6) is 0 Å². The van der Waals surface area contributed by atoms with Crippen LogP contribution >= 0.6 is 0 Å². The van der Waals surface area contributed by atoms with E-state index in [0.717, 1.165) is 0 Å². The van der Waals surface area contributed by atoms with Gasteiger partial charge in [-0.1, -0.05) is 6.07 Å². The molecule has 76 valence electrons. The fourth-order valence-electron chi connectivity index (χ4n) is 2.23. The monoisotopic (exact) mass is 200 g/mol. The Bertz CT molecular complexity index is 658. The molecule has 3 heterocycles. The predicted molar refractivity (Wildman–Crippen MR) is 59.8 cm³/mol. The first-order chi connectivity index (χ1) is 7.20. The number of rotatable bonds is 0. The molecule has 3 heteroatoms. The minimum absolute atomic E-state index is 1.24. The van der Waals surface area contributed by atoms with Crippen LogP contribution < -0.4 is 4.57 Å². The number of hydrogen-bond acceptors (Lipinski definition) is 0. The predicted octanol–water partition coefficient (Wildman–Crippen LogP) is 1.56. The number of nitrogens with zero attached hydrogens (tertiary/aromatic N) is 3. The summed E-state index contributed by atoms with van der Waals surface area (Å²) >= 11 is 0. The van der Waals surface area contributed by atoms with Crippen molar-refractivity contribution in [1.82, 2.24) is 8.97 Å². The summed E-state index contributed by atoms with van der Waals surface area (Å²) < 4.78 is 6.67. The third kappa shape index (κ3) is 0.923. The summed E-state index contributed by atoms with van der Waals surface area (Å²) in [5.74, 6) is 1.26. The van der Waals surface area contributed by atoms with Crippen LogP contribution in [0.4, 0.5) is 0 Å². The van der Waals surface area contributed by atoms with Crippen LogP contribution in [-0.4, -0.2) is 8.97 Å². The molecule has 0 aliphatic rings. The molecule has 0 aliphatic heterocycles. The van der Waals surface area contributed by atoms with Crippen LogP contribution in [0.1, 0.15) is 5.82 Å². The Labute approximate surface area is 88.2 Å². The minimum Gasteiger partial charge on any atom is -0.260 e. The number of imidazole rings is 1. The maximum Gasteiger partial charge on any atom is 0.272 e. The number of hydrogen-bond donors (Lipinski definition) is 0. The van der Waals surface area contributed by atoms with Crippen molar-refractivity contribution in [2.24, 2.45) is 14.1 Å². The zero-order chi connectivity index (χ0) is 10.6. The van der Waals surface area contributed by atoms with Gasteiger partial charge in [-0.15, -0.1) is 0 Å². The Morgan fingerprint density at radius 2 is 2.07 bits per heavy atom. The van der Waals surface area contributed by atoms with E-state index in [0.29, 0.717) is 0 Å². The summed E-state index contributed by atoms with van der Waals surface area (Å²) in [6, 6.07) is 8.49. The van der Waals surface area contributed by atoms with E-state index in [9.17, 15) is 0 Å². The fraction of sp³-hybridized carbons (Fsp3) is 0.250. The summed E-state index contributed by atoms with van der Waals surface area (Å²) in [5.41, 5.74) is 3.78. The molecular weight excluding hydrogens is 186 g/mol. The summed E-state index contributed by atoms with van der Waals surface area (Å²) in [6.07, 6.45) is 2.11. The Balaban J connectivity index is 2.65. The summed E-state index contributed by atoms with van der Waals surface area (Å²) in [5, 5.41) is 0. The van der Waals surface area contributed by atoms with Crippen molar-refractivity contribution in [3.63, 3.8) is 0 Å². The van der Waals surface area contributed by atoms with E-state index in [1.54, 1.807) is 0 Å². The Hall–Kier alpha value is -1.77. The van der Waals surface area contributed by atoms with Gasteiger partial charge < -0.3 is 0 Å². The highest BCUT2D eigenvalue weighted by atomic mass is 15.2. The van der Waals surface area contributed by atoms with E-state index in [-0.39, 0.29) is 0 Å². The Morgan fingerprint density at radius 1 is 1.27 bits per heavy atom. The second-order valence-corrected chi connectivity index (χ2v) is 4.01. The molecule has 0 saturated heterocycles. The van der Waals surface area contributed by atoms with Crippen LogP contribution in [0.15, 0.2) is 30.5 Å². The summed E-state index contributed by atoms with van der Waals surface area (Å²) in [4.78, 5) is 0. The van der Waals surface area contributed by atoms with Crippen molar-refractivity contribution in [2.45, 2.75) is 6.92 Å². The molecule has 0 saturated carbocycles. The van der Waals surface area contributed by atoms with Crippen molar-refractivity contribution < 1.29 is 4.57 Å². The van der Waals surface area contributed by atoms with Crippen molar-refractivity contribution >= 4 is 16.7 Å². The molecule has 0 unspecified atom stereocenters. The van der Waals surface area contributed by atoms with Gasteiger partial charge in [-0.2, -0.15) is 0 Å².